The minimum Gasteiger partial charge on any atom is -0.467 e. The summed E-state index contributed by atoms with van der Waals surface area (Å²) in [4.78, 5) is 37.2. The second kappa shape index (κ2) is 9.07. The van der Waals surface area contributed by atoms with E-state index in [0.717, 1.165) is 38.5 Å². The predicted molar refractivity (Wildman–Crippen MR) is 138 cm³/mol. The smallest absolute Gasteiger partial charge is 0.404 e. The molecule has 4 saturated carbocycles. The average molecular weight is 586 g/mol. The van der Waals surface area contributed by atoms with Crippen LogP contribution in [0.5, 0.6) is 0 Å². The number of nitrogens with one attached hydrogen (secondary N) is 2. The number of halogens is 1. The van der Waals surface area contributed by atoms with E-state index in [-0.39, 0.29) is 40.8 Å². The number of carbonyl (C=O) groups excluding carboxylic acids is 2. The number of hydrogen-bond donors (Lipinski definition) is 2. The van der Waals surface area contributed by atoms with Gasteiger partial charge in [0.15, 0.2) is 0 Å². The molecule has 12 nitrogen and oxygen atoms in total. The number of aryl methyl sites for hydroxylation is 1. The lowest BCUT2D eigenvalue weighted by Crippen LogP contribution is -2.57. The summed E-state index contributed by atoms with van der Waals surface area (Å²) in [5.41, 5.74) is 0.0820. The molecule has 2 atom stereocenters. The largest absolute Gasteiger partial charge is 0.467 e. The first kappa shape index (κ1) is 24.8. The Labute approximate surface area is 226 Å². The molecule has 13 heteroatoms. The van der Waals surface area contributed by atoms with Crippen LogP contribution in [0.2, 0.25) is 0 Å². The monoisotopic (exact) mass is 585 g/mol. The summed E-state index contributed by atoms with van der Waals surface area (Å²) in [7, 11) is 1.65. The number of nitro groups is 1. The van der Waals surface area contributed by atoms with Crippen molar-refractivity contribution < 1.29 is 18.9 Å². The van der Waals surface area contributed by atoms with Gasteiger partial charge in [0.1, 0.15) is 15.9 Å². The van der Waals surface area contributed by atoms with Crippen LogP contribution in [0, 0.1) is 27.4 Å². The summed E-state index contributed by atoms with van der Waals surface area (Å²) in [6.07, 6.45) is 10.7. The molecule has 0 aliphatic heterocycles. The van der Waals surface area contributed by atoms with Crippen LogP contribution in [0.15, 0.2) is 39.7 Å². The van der Waals surface area contributed by atoms with Gasteiger partial charge in [-0.15, -0.1) is 0 Å². The second-order valence-corrected chi connectivity index (χ2v) is 12.1. The third kappa shape index (κ3) is 4.32. The second-order valence-electron chi connectivity index (χ2n) is 11.2. The van der Waals surface area contributed by atoms with Gasteiger partial charge in [0.05, 0.1) is 41.5 Å². The lowest BCUT2D eigenvalue weighted by molar-refractivity contribution is -0.390. The Bertz CT molecular complexity index is 1400. The van der Waals surface area contributed by atoms with Gasteiger partial charge in [0.25, 0.3) is 5.91 Å². The maximum atomic E-state index is 13.4. The Morgan fingerprint density at radius 2 is 2.05 bits per heavy atom. The summed E-state index contributed by atoms with van der Waals surface area (Å²) in [6, 6.07) is 3.52. The molecule has 4 fully saturated rings. The first-order chi connectivity index (χ1) is 18.2. The molecule has 4 aliphatic carbocycles. The Morgan fingerprint density at radius 1 is 1.29 bits per heavy atom. The van der Waals surface area contributed by atoms with Crippen molar-refractivity contribution in [1.82, 2.24) is 24.9 Å². The van der Waals surface area contributed by atoms with Crippen molar-refractivity contribution in [3.63, 3.8) is 0 Å². The van der Waals surface area contributed by atoms with E-state index in [2.05, 4.69) is 36.8 Å². The van der Waals surface area contributed by atoms with Crippen molar-refractivity contribution in [1.29, 1.82) is 0 Å². The van der Waals surface area contributed by atoms with Crippen LogP contribution in [0.25, 0.3) is 0 Å². The standard InChI is InChI=1S/C25H28BrN7O5/c1-31-21(23(35)27-11-17-3-2-4-38-17)19(12-28-31)29-20(34)10-24-6-15-5-16(7-24)9-25(8-15,14-24)32-13-18(26)22(30-32)33(36)37/h2-4,12-13,15-16H,5-11,14H2,1H3,(H,27,35)(H,29,34). The van der Waals surface area contributed by atoms with Crippen molar-refractivity contribution in [2.75, 3.05) is 5.32 Å². The van der Waals surface area contributed by atoms with Crippen LogP contribution in [0.1, 0.15) is 61.2 Å². The molecule has 0 spiro atoms. The summed E-state index contributed by atoms with van der Waals surface area (Å²) in [5.74, 6) is 0.817. The van der Waals surface area contributed by atoms with E-state index in [9.17, 15) is 19.7 Å². The fourth-order valence-corrected chi connectivity index (χ4v) is 8.00. The number of amides is 2. The molecule has 0 radical (unpaired) electrons. The molecule has 38 heavy (non-hydrogen) atoms. The summed E-state index contributed by atoms with van der Waals surface area (Å²) < 4.78 is 8.88. The van der Waals surface area contributed by atoms with Gasteiger partial charge in [-0.1, -0.05) is 0 Å². The molecule has 2 amide bonds. The summed E-state index contributed by atoms with van der Waals surface area (Å²) >= 11 is 3.30. The van der Waals surface area contributed by atoms with Gasteiger partial charge in [0, 0.05) is 13.5 Å². The first-order valence-electron chi connectivity index (χ1n) is 12.7. The highest BCUT2D eigenvalue weighted by atomic mass is 79.9. The van der Waals surface area contributed by atoms with Crippen LogP contribution < -0.4 is 10.6 Å². The van der Waals surface area contributed by atoms with E-state index in [4.69, 9.17) is 4.42 Å². The molecule has 7 rings (SSSR count). The molecule has 3 aromatic rings. The van der Waals surface area contributed by atoms with Crippen molar-refractivity contribution >= 4 is 39.2 Å². The van der Waals surface area contributed by atoms with E-state index >= 15 is 0 Å². The molecule has 200 valence electrons. The maximum Gasteiger partial charge on any atom is 0.404 e. The fourth-order valence-electron chi connectivity index (χ4n) is 7.58. The topological polar surface area (TPSA) is 150 Å². The molecule has 4 bridgehead atoms. The number of anilines is 1. The number of aromatic nitrogens is 4. The molecule has 2 N–H and O–H groups in total. The maximum absolute atomic E-state index is 13.4. The third-order valence-corrected chi connectivity index (χ3v) is 8.99. The summed E-state index contributed by atoms with van der Waals surface area (Å²) in [6.45, 7) is 0.222. The van der Waals surface area contributed by atoms with E-state index in [0.29, 0.717) is 34.2 Å². The molecule has 3 aromatic heterocycles. The number of hydrogen-bond acceptors (Lipinski definition) is 7. The van der Waals surface area contributed by atoms with Gasteiger partial charge in [-0.25, -0.2) is 0 Å². The zero-order valence-corrected chi connectivity index (χ0v) is 22.4. The van der Waals surface area contributed by atoms with Crippen LogP contribution >= 0.6 is 15.9 Å². The summed E-state index contributed by atoms with van der Waals surface area (Å²) in [5, 5.41) is 25.7. The highest BCUT2D eigenvalue weighted by molar-refractivity contribution is 9.10. The zero-order chi connectivity index (χ0) is 26.7. The highest BCUT2D eigenvalue weighted by Gasteiger charge is 2.60. The molecule has 4 aliphatic rings. The van der Waals surface area contributed by atoms with Crippen LogP contribution in [0.4, 0.5) is 11.5 Å². The van der Waals surface area contributed by atoms with E-state index in [1.54, 1.807) is 30.1 Å². The number of nitrogens with zero attached hydrogens (tertiary/aromatic N) is 5. The minimum absolute atomic E-state index is 0.164. The van der Waals surface area contributed by atoms with Gasteiger partial charge < -0.3 is 25.2 Å². The van der Waals surface area contributed by atoms with Crippen molar-refractivity contribution in [2.24, 2.45) is 24.3 Å². The van der Waals surface area contributed by atoms with Crippen molar-refractivity contribution in [3.05, 3.63) is 56.8 Å². The Kier molecular flexibility index (Phi) is 5.93. The molecule has 0 saturated heterocycles. The van der Waals surface area contributed by atoms with E-state index in [1.807, 2.05) is 0 Å². The molecular formula is C25H28BrN7O5. The third-order valence-electron chi connectivity index (χ3n) is 8.43. The Balaban J connectivity index is 1.19. The SMILES string of the molecule is Cn1ncc(NC(=O)CC23CC4CC(C2)CC(n2cc(Br)c([N+](=O)[O-])n2)(C4)C3)c1C(=O)NCc1ccco1. The highest BCUT2D eigenvalue weighted by Crippen LogP contribution is 2.65. The lowest BCUT2D eigenvalue weighted by Gasteiger charge is -2.61. The van der Waals surface area contributed by atoms with Crippen LogP contribution in [0.3, 0.4) is 0 Å². The number of rotatable bonds is 8. The van der Waals surface area contributed by atoms with Crippen molar-refractivity contribution in [2.45, 2.75) is 57.0 Å². The zero-order valence-electron chi connectivity index (χ0n) is 20.9. The Morgan fingerprint density at radius 3 is 2.71 bits per heavy atom. The molecule has 3 heterocycles. The predicted octanol–water partition coefficient (Wildman–Crippen LogP) is 4.13. The quantitative estimate of drug-likeness (QED) is 0.298. The number of furan rings is 1. The van der Waals surface area contributed by atoms with Gasteiger partial charge in [0.2, 0.25) is 5.91 Å². The Hall–Kier alpha value is -3.48. The first-order valence-corrected chi connectivity index (χ1v) is 13.5. The fraction of sp³-hybridized carbons (Fsp3) is 0.520. The molecular weight excluding hydrogens is 558 g/mol. The molecule has 0 aromatic carbocycles. The number of carbonyl (C=O) groups is 2. The van der Waals surface area contributed by atoms with Gasteiger partial charge in [-0.05, 0) is 88.8 Å². The normalized spacial score (nSPS) is 27.4. The lowest BCUT2D eigenvalue weighted by atomic mass is 9.46. The van der Waals surface area contributed by atoms with E-state index in [1.165, 1.54) is 17.1 Å². The van der Waals surface area contributed by atoms with E-state index < -0.39 is 4.92 Å². The molecule has 2 unspecified atom stereocenters. The minimum atomic E-state index is -0.472. The van der Waals surface area contributed by atoms with Crippen molar-refractivity contribution in [3.8, 4) is 0 Å². The average Bonchev–Trinajstić information content (AvgIpc) is 3.57. The van der Waals surface area contributed by atoms with Gasteiger partial charge in [-0.2, -0.15) is 9.78 Å². The van der Waals surface area contributed by atoms with Crippen LogP contribution in [-0.4, -0.2) is 36.3 Å². The van der Waals surface area contributed by atoms with Gasteiger partial charge in [-0.3, -0.25) is 14.3 Å². The van der Waals surface area contributed by atoms with Crippen LogP contribution in [-0.2, 0) is 23.9 Å². The van der Waals surface area contributed by atoms with Gasteiger partial charge >= 0.3 is 5.82 Å².